The van der Waals surface area contributed by atoms with Crippen LogP contribution in [0.2, 0.25) is 0 Å². The van der Waals surface area contributed by atoms with Crippen molar-refractivity contribution >= 4 is 0 Å². The van der Waals surface area contributed by atoms with Crippen molar-refractivity contribution in [2.45, 2.75) is 46.5 Å². The molecular weight excluding hydrogens is 136 g/mol. The summed E-state index contributed by atoms with van der Waals surface area (Å²) in [5.74, 6) is 0.291. The van der Waals surface area contributed by atoms with Gasteiger partial charge in [-0.2, -0.15) is 0 Å². The SMILES string of the molecule is CCCCCC(C)=C=C(C)O. The summed E-state index contributed by atoms with van der Waals surface area (Å²) in [6.45, 7) is 5.85. The van der Waals surface area contributed by atoms with Gasteiger partial charge < -0.3 is 5.11 Å². The highest BCUT2D eigenvalue weighted by Gasteiger charge is 1.88. The van der Waals surface area contributed by atoms with Crippen molar-refractivity contribution < 1.29 is 5.11 Å². The quantitative estimate of drug-likeness (QED) is 0.373. The van der Waals surface area contributed by atoms with Gasteiger partial charge in [-0.05, 0) is 25.3 Å². The Bertz CT molecular complexity index is 158. The molecule has 0 aromatic rings. The maximum Gasteiger partial charge on any atom is 0.132 e. The predicted octanol–water partition coefficient (Wildman–Crippen LogP) is 3.57. The fourth-order valence-corrected chi connectivity index (χ4v) is 1.01. The second-order valence-corrected chi connectivity index (χ2v) is 2.95. The van der Waals surface area contributed by atoms with Crippen molar-refractivity contribution in [1.29, 1.82) is 0 Å². The first-order valence-electron chi connectivity index (χ1n) is 4.28. The van der Waals surface area contributed by atoms with Crippen molar-refractivity contribution in [3.8, 4) is 0 Å². The van der Waals surface area contributed by atoms with Crippen molar-refractivity contribution in [3.63, 3.8) is 0 Å². The summed E-state index contributed by atoms with van der Waals surface area (Å²) in [6, 6.07) is 0. The van der Waals surface area contributed by atoms with Gasteiger partial charge in [-0.1, -0.05) is 25.5 Å². The normalized spacial score (nSPS) is 9.00. The Balaban J connectivity index is 3.69. The number of unbranched alkanes of at least 4 members (excludes halogenated alkanes) is 2. The number of hydrogen-bond acceptors (Lipinski definition) is 1. The van der Waals surface area contributed by atoms with Gasteiger partial charge in [-0.15, -0.1) is 0 Å². The summed E-state index contributed by atoms with van der Waals surface area (Å²) in [5, 5.41) is 8.86. The maximum atomic E-state index is 8.86. The zero-order valence-electron chi connectivity index (χ0n) is 7.78. The van der Waals surface area contributed by atoms with Gasteiger partial charge in [0.1, 0.15) is 5.76 Å². The Morgan fingerprint density at radius 2 is 1.91 bits per heavy atom. The minimum absolute atomic E-state index is 0.291. The van der Waals surface area contributed by atoms with E-state index in [1.807, 2.05) is 6.92 Å². The van der Waals surface area contributed by atoms with Crippen molar-refractivity contribution in [3.05, 3.63) is 17.1 Å². The zero-order chi connectivity index (χ0) is 8.69. The molecule has 1 heteroatoms. The van der Waals surface area contributed by atoms with E-state index in [2.05, 4.69) is 12.7 Å². The number of rotatable bonds is 4. The highest BCUT2D eigenvalue weighted by atomic mass is 16.3. The molecule has 0 rings (SSSR count). The molecule has 1 N–H and O–H groups in total. The summed E-state index contributed by atoms with van der Waals surface area (Å²) in [7, 11) is 0. The van der Waals surface area contributed by atoms with Crippen LogP contribution in [0.1, 0.15) is 46.5 Å². The van der Waals surface area contributed by atoms with Gasteiger partial charge in [0.15, 0.2) is 0 Å². The lowest BCUT2D eigenvalue weighted by atomic mass is 10.1. The van der Waals surface area contributed by atoms with Gasteiger partial charge in [-0.25, -0.2) is 0 Å². The number of aliphatic hydroxyl groups excluding tert-OH is 1. The van der Waals surface area contributed by atoms with Crippen LogP contribution in [0.4, 0.5) is 0 Å². The highest BCUT2D eigenvalue weighted by Crippen LogP contribution is 2.06. The summed E-state index contributed by atoms with van der Waals surface area (Å²) in [4.78, 5) is 0. The van der Waals surface area contributed by atoms with Crippen LogP contribution < -0.4 is 0 Å². The van der Waals surface area contributed by atoms with Crippen molar-refractivity contribution in [2.75, 3.05) is 0 Å². The van der Waals surface area contributed by atoms with E-state index in [4.69, 9.17) is 5.11 Å². The molecule has 0 aliphatic rings. The molecule has 0 saturated heterocycles. The fourth-order valence-electron chi connectivity index (χ4n) is 1.01. The zero-order valence-corrected chi connectivity index (χ0v) is 7.78. The molecule has 0 fully saturated rings. The number of aliphatic hydroxyl groups is 1. The molecular formula is C10H18O. The van der Waals surface area contributed by atoms with E-state index in [1.165, 1.54) is 19.3 Å². The Morgan fingerprint density at radius 1 is 1.27 bits per heavy atom. The van der Waals surface area contributed by atoms with Crippen LogP contribution in [0.5, 0.6) is 0 Å². The lowest BCUT2D eigenvalue weighted by molar-refractivity contribution is 0.415. The first kappa shape index (κ1) is 10.3. The third-order valence-corrected chi connectivity index (χ3v) is 1.55. The van der Waals surface area contributed by atoms with E-state index in [-0.39, 0.29) is 0 Å². The smallest absolute Gasteiger partial charge is 0.132 e. The molecule has 1 nitrogen and oxygen atoms in total. The molecule has 0 atom stereocenters. The Hall–Kier alpha value is -0.680. The average molecular weight is 154 g/mol. The third kappa shape index (κ3) is 7.21. The van der Waals surface area contributed by atoms with E-state index < -0.39 is 0 Å². The van der Waals surface area contributed by atoms with E-state index in [1.54, 1.807) is 6.92 Å². The summed E-state index contributed by atoms with van der Waals surface area (Å²) >= 11 is 0. The van der Waals surface area contributed by atoms with E-state index in [0.717, 1.165) is 12.0 Å². The first-order chi connectivity index (χ1) is 5.16. The largest absolute Gasteiger partial charge is 0.505 e. The molecule has 0 radical (unpaired) electrons. The number of allylic oxidation sites excluding steroid dienone is 1. The lowest BCUT2D eigenvalue weighted by Crippen LogP contribution is -1.77. The third-order valence-electron chi connectivity index (χ3n) is 1.55. The minimum Gasteiger partial charge on any atom is -0.505 e. The molecule has 0 aliphatic carbocycles. The van der Waals surface area contributed by atoms with Gasteiger partial charge in [0.05, 0.1) is 0 Å². The number of hydrogen-bond donors (Lipinski definition) is 1. The van der Waals surface area contributed by atoms with E-state index in [9.17, 15) is 0 Å². The summed E-state index contributed by atoms with van der Waals surface area (Å²) in [5.41, 5.74) is 4.04. The molecule has 0 aromatic heterocycles. The molecule has 0 saturated carbocycles. The Kier molecular flexibility index (Phi) is 5.68. The van der Waals surface area contributed by atoms with Gasteiger partial charge in [-0.3, -0.25) is 0 Å². The fraction of sp³-hybridized carbons (Fsp3) is 0.700. The molecule has 0 aliphatic heterocycles. The second kappa shape index (κ2) is 6.06. The molecule has 11 heavy (non-hydrogen) atoms. The Labute approximate surface area is 69.4 Å². The van der Waals surface area contributed by atoms with Crippen molar-refractivity contribution in [1.82, 2.24) is 0 Å². The van der Waals surface area contributed by atoms with Gasteiger partial charge in [0.2, 0.25) is 0 Å². The van der Waals surface area contributed by atoms with E-state index >= 15 is 0 Å². The first-order valence-corrected chi connectivity index (χ1v) is 4.28. The molecule has 0 bridgehead atoms. The van der Waals surface area contributed by atoms with Crippen LogP contribution in [0.15, 0.2) is 17.1 Å². The van der Waals surface area contributed by atoms with Gasteiger partial charge in [0.25, 0.3) is 0 Å². The average Bonchev–Trinajstić information content (AvgIpc) is 1.86. The molecule has 64 valence electrons. The highest BCUT2D eigenvalue weighted by molar-refractivity contribution is 4.99. The van der Waals surface area contributed by atoms with E-state index in [0.29, 0.717) is 5.76 Å². The van der Waals surface area contributed by atoms with Crippen LogP contribution in [0, 0.1) is 0 Å². The summed E-state index contributed by atoms with van der Waals surface area (Å²) in [6.07, 6.45) is 4.78. The van der Waals surface area contributed by atoms with Crippen molar-refractivity contribution in [2.24, 2.45) is 0 Å². The topological polar surface area (TPSA) is 20.2 Å². The van der Waals surface area contributed by atoms with Crippen LogP contribution >= 0.6 is 0 Å². The van der Waals surface area contributed by atoms with Crippen LogP contribution in [-0.2, 0) is 0 Å². The molecule has 0 amide bonds. The Morgan fingerprint density at radius 3 is 2.36 bits per heavy atom. The predicted molar refractivity (Wildman–Crippen MR) is 48.7 cm³/mol. The minimum atomic E-state index is 0.291. The standard InChI is InChI=1S/C10H18O/c1-4-5-6-7-9(2)8-10(3)11/h11H,4-7H2,1-3H3. The van der Waals surface area contributed by atoms with Crippen LogP contribution in [0.3, 0.4) is 0 Å². The van der Waals surface area contributed by atoms with Gasteiger partial charge >= 0.3 is 0 Å². The lowest BCUT2D eigenvalue weighted by Gasteiger charge is -1.95. The summed E-state index contributed by atoms with van der Waals surface area (Å²) < 4.78 is 0. The molecule has 0 aromatic carbocycles. The van der Waals surface area contributed by atoms with Gasteiger partial charge in [0, 0.05) is 6.92 Å². The van der Waals surface area contributed by atoms with Crippen LogP contribution in [-0.4, -0.2) is 5.11 Å². The molecule has 0 spiro atoms. The monoisotopic (exact) mass is 154 g/mol. The molecule has 0 heterocycles. The second-order valence-electron chi connectivity index (χ2n) is 2.95. The maximum absolute atomic E-state index is 8.86. The van der Waals surface area contributed by atoms with Crippen LogP contribution in [0.25, 0.3) is 0 Å². The molecule has 0 unspecified atom stereocenters.